The van der Waals surface area contributed by atoms with E-state index in [4.69, 9.17) is 4.42 Å². The third kappa shape index (κ3) is 0.655. The van der Waals surface area contributed by atoms with Gasteiger partial charge in [-0.25, -0.2) is 0 Å². The summed E-state index contributed by atoms with van der Waals surface area (Å²) in [4.78, 5) is 10.7. The number of anilines is 2. The standard InChI is InChI=1S/C6H6N2O2/c9-6-1-7-4-2-10-3-5(4)8-6/h2-3,7H,1H2,(H,8,9). The van der Waals surface area contributed by atoms with Crippen LogP contribution in [-0.2, 0) is 4.79 Å². The number of furan rings is 1. The van der Waals surface area contributed by atoms with Gasteiger partial charge in [0.15, 0.2) is 0 Å². The molecule has 2 N–H and O–H groups in total. The topological polar surface area (TPSA) is 54.3 Å². The molecule has 10 heavy (non-hydrogen) atoms. The number of fused-ring (bicyclic) bond motifs is 1. The Morgan fingerprint density at radius 2 is 2.20 bits per heavy atom. The van der Waals surface area contributed by atoms with Crippen LogP contribution >= 0.6 is 0 Å². The van der Waals surface area contributed by atoms with Crippen molar-refractivity contribution in [3.63, 3.8) is 0 Å². The van der Waals surface area contributed by atoms with Crippen LogP contribution in [0.3, 0.4) is 0 Å². The van der Waals surface area contributed by atoms with Gasteiger partial charge >= 0.3 is 0 Å². The molecule has 2 heterocycles. The van der Waals surface area contributed by atoms with E-state index in [-0.39, 0.29) is 5.91 Å². The Kier molecular flexibility index (Phi) is 0.943. The summed E-state index contributed by atoms with van der Waals surface area (Å²) >= 11 is 0. The van der Waals surface area contributed by atoms with E-state index in [0.717, 1.165) is 11.4 Å². The lowest BCUT2D eigenvalue weighted by atomic mass is 10.3. The monoisotopic (exact) mass is 138 g/mol. The average Bonchev–Trinajstić information content (AvgIpc) is 2.33. The van der Waals surface area contributed by atoms with Crippen LogP contribution in [0.4, 0.5) is 11.4 Å². The van der Waals surface area contributed by atoms with Crippen molar-refractivity contribution in [2.24, 2.45) is 0 Å². The second kappa shape index (κ2) is 1.76. The summed E-state index contributed by atoms with van der Waals surface area (Å²) in [5.74, 6) is -0.0334. The molecule has 1 aromatic rings. The Morgan fingerprint density at radius 3 is 3.10 bits per heavy atom. The molecule has 4 nitrogen and oxygen atoms in total. The van der Waals surface area contributed by atoms with Gasteiger partial charge in [-0.05, 0) is 0 Å². The van der Waals surface area contributed by atoms with Crippen LogP contribution in [0.5, 0.6) is 0 Å². The van der Waals surface area contributed by atoms with Gasteiger partial charge in [0.1, 0.15) is 18.2 Å². The zero-order chi connectivity index (χ0) is 6.97. The lowest BCUT2D eigenvalue weighted by Gasteiger charge is -2.12. The second-order valence-corrected chi connectivity index (χ2v) is 2.10. The van der Waals surface area contributed by atoms with E-state index in [1.807, 2.05) is 0 Å². The van der Waals surface area contributed by atoms with Crippen molar-refractivity contribution >= 4 is 17.3 Å². The number of carbonyl (C=O) groups is 1. The predicted octanol–water partition coefficient (Wildman–Crippen LogP) is 0.644. The molecule has 0 atom stereocenters. The van der Waals surface area contributed by atoms with Gasteiger partial charge in [-0.2, -0.15) is 0 Å². The number of carbonyl (C=O) groups excluding carboxylic acids is 1. The van der Waals surface area contributed by atoms with Gasteiger partial charge in [0.2, 0.25) is 5.91 Å². The van der Waals surface area contributed by atoms with Crippen LogP contribution in [0.15, 0.2) is 16.9 Å². The van der Waals surface area contributed by atoms with E-state index in [1.54, 1.807) is 6.26 Å². The maximum atomic E-state index is 10.7. The van der Waals surface area contributed by atoms with Crippen LogP contribution in [0.2, 0.25) is 0 Å². The first kappa shape index (κ1) is 5.34. The van der Waals surface area contributed by atoms with Gasteiger partial charge in [0.05, 0.1) is 12.2 Å². The van der Waals surface area contributed by atoms with E-state index in [9.17, 15) is 4.79 Å². The summed E-state index contributed by atoms with van der Waals surface area (Å²) in [6, 6.07) is 0. The smallest absolute Gasteiger partial charge is 0.243 e. The third-order valence-electron chi connectivity index (χ3n) is 1.38. The fourth-order valence-corrected chi connectivity index (χ4v) is 0.901. The molecule has 52 valence electrons. The fourth-order valence-electron chi connectivity index (χ4n) is 0.901. The minimum atomic E-state index is -0.0334. The Labute approximate surface area is 57.2 Å². The molecule has 0 unspecified atom stereocenters. The lowest BCUT2D eigenvalue weighted by molar-refractivity contribution is -0.114. The van der Waals surface area contributed by atoms with Gasteiger partial charge < -0.3 is 15.1 Å². The molecule has 0 saturated carbocycles. The van der Waals surface area contributed by atoms with Crippen LogP contribution in [0.25, 0.3) is 0 Å². The molecule has 0 spiro atoms. The summed E-state index contributed by atoms with van der Waals surface area (Å²) in [5, 5.41) is 5.53. The van der Waals surface area contributed by atoms with Gasteiger partial charge in [-0.15, -0.1) is 0 Å². The van der Waals surface area contributed by atoms with E-state index < -0.39 is 0 Å². The van der Waals surface area contributed by atoms with Crippen LogP contribution in [0, 0.1) is 0 Å². The van der Waals surface area contributed by atoms with Gasteiger partial charge in [0, 0.05) is 0 Å². The summed E-state index contributed by atoms with van der Waals surface area (Å²) in [5.41, 5.74) is 1.57. The lowest BCUT2D eigenvalue weighted by Crippen LogP contribution is -2.26. The first-order valence-corrected chi connectivity index (χ1v) is 2.96. The van der Waals surface area contributed by atoms with Crippen molar-refractivity contribution < 1.29 is 9.21 Å². The summed E-state index contributed by atoms with van der Waals surface area (Å²) in [6.45, 7) is 0.326. The number of rotatable bonds is 0. The average molecular weight is 138 g/mol. The van der Waals surface area contributed by atoms with Crippen molar-refractivity contribution in [2.45, 2.75) is 0 Å². The molecule has 2 rings (SSSR count). The molecule has 1 aliphatic rings. The molecule has 0 saturated heterocycles. The predicted molar refractivity (Wildman–Crippen MR) is 35.8 cm³/mol. The Balaban J connectivity index is 2.39. The number of amides is 1. The van der Waals surface area contributed by atoms with E-state index in [1.165, 1.54) is 6.26 Å². The Bertz CT molecular complexity index is 266. The van der Waals surface area contributed by atoms with Crippen LogP contribution in [0.1, 0.15) is 0 Å². The van der Waals surface area contributed by atoms with Gasteiger partial charge in [0.25, 0.3) is 0 Å². The molecular weight excluding hydrogens is 132 g/mol. The number of nitrogens with one attached hydrogen (secondary N) is 2. The highest BCUT2D eigenvalue weighted by Gasteiger charge is 2.14. The fraction of sp³-hybridized carbons (Fsp3) is 0.167. The summed E-state index contributed by atoms with van der Waals surface area (Å²) in [6.07, 6.45) is 3.06. The van der Waals surface area contributed by atoms with Gasteiger partial charge in [-0.3, -0.25) is 4.79 Å². The number of hydrogen-bond acceptors (Lipinski definition) is 3. The van der Waals surface area contributed by atoms with Crippen LogP contribution < -0.4 is 10.6 Å². The Hall–Kier alpha value is -1.45. The van der Waals surface area contributed by atoms with Crippen LogP contribution in [-0.4, -0.2) is 12.5 Å². The Morgan fingerprint density at radius 1 is 1.40 bits per heavy atom. The molecule has 0 aliphatic carbocycles. The molecule has 1 aliphatic heterocycles. The molecule has 1 amide bonds. The minimum Gasteiger partial charge on any atom is -0.468 e. The molecule has 1 aromatic heterocycles. The maximum absolute atomic E-state index is 10.7. The molecule has 0 aromatic carbocycles. The van der Waals surface area contributed by atoms with Crippen molar-refractivity contribution in [3.05, 3.63) is 12.5 Å². The zero-order valence-electron chi connectivity index (χ0n) is 5.18. The minimum absolute atomic E-state index is 0.0334. The van der Waals surface area contributed by atoms with Crippen molar-refractivity contribution in [2.75, 3.05) is 17.2 Å². The first-order valence-electron chi connectivity index (χ1n) is 2.96. The van der Waals surface area contributed by atoms with E-state index >= 15 is 0 Å². The molecule has 0 fully saturated rings. The highest BCUT2D eigenvalue weighted by atomic mass is 16.3. The first-order chi connectivity index (χ1) is 4.86. The quantitative estimate of drug-likeness (QED) is 0.553. The molecule has 0 radical (unpaired) electrons. The van der Waals surface area contributed by atoms with E-state index in [0.29, 0.717) is 6.54 Å². The highest BCUT2D eigenvalue weighted by Crippen LogP contribution is 2.24. The summed E-state index contributed by atoms with van der Waals surface area (Å²) in [7, 11) is 0. The molecule has 0 bridgehead atoms. The second-order valence-electron chi connectivity index (χ2n) is 2.10. The van der Waals surface area contributed by atoms with Gasteiger partial charge in [-0.1, -0.05) is 0 Å². The van der Waals surface area contributed by atoms with Crippen molar-refractivity contribution in [1.29, 1.82) is 0 Å². The highest BCUT2D eigenvalue weighted by molar-refractivity contribution is 6.00. The molecular formula is C6H6N2O2. The normalized spacial score (nSPS) is 15.4. The third-order valence-corrected chi connectivity index (χ3v) is 1.38. The van der Waals surface area contributed by atoms with Crippen molar-refractivity contribution in [1.82, 2.24) is 0 Å². The summed E-state index contributed by atoms with van der Waals surface area (Å²) < 4.78 is 4.84. The van der Waals surface area contributed by atoms with E-state index in [2.05, 4.69) is 10.6 Å². The van der Waals surface area contributed by atoms with Crippen molar-refractivity contribution in [3.8, 4) is 0 Å². The number of hydrogen-bond donors (Lipinski definition) is 2. The maximum Gasteiger partial charge on any atom is 0.243 e. The zero-order valence-corrected chi connectivity index (χ0v) is 5.18. The largest absolute Gasteiger partial charge is 0.468 e. The SMILES string of the molecule is O=C1CNc2cocc2N1. The molecule has 4 heteroatoms.